The van der Waals surface area contributed by atoms with E-state index in [1.54, 1.807) is 0 Å². The first-order chi connectivity index (χ1) is 33.2. The van der Waals surface area contributed by atoms with E-state index in [0.29, 0.717) is 65.0 Å². The molecule has 0 amide bonds. The normalized spacial score (nSPS) is 47.1. The van der Waals surface area contributed by atoms with Gasteiger partial charge in [-0.25, -0.2) is 0 Å². The third-order valence-electron chi connectivity index (χ3n) is 22.5. The molecule has 9 aliphatic rings. The fourth-order valence-electron chi connectivity index (χ4n) is 19.1. The highest BCUT2D eigenvalue weighted by molar-refractivity contribution is 6.70. The smallest absolute Gasteiger partial charge is 0.305 e. The van der Waals surface area contributed by atoms with Gasteiger partial charge in [0.1, 0.15) is 5.78 Å². The van der Waals surface area contributed by atoms with Crippen molar-refractivity contribution >= 4 is 20.1 Å². The molecule has 0 aromatic carbocycles. The summed E-state index contributed by atoms with van der Waals surface area (Å²) < 4.78 is 27.2. The van der Waals surface area contributed by atoms with Crippen molar-refractivity contribution in [1.29, 1.82) is 0 Å². The first-order valence-electron chi connectivity index (χ1n) is 29.6. The minimum Gasteiger partial charge on any atom is -0.547 e. The summed E-state index contributed by atoms with van der Waals surface area (Å²) >= 11 is 0. The van der Waals surface area contributed by atoms with Gasteiger partial charge >= 0.3 is 5.97 Å². The minimum atomic E-state index is -1.68. The van der Waals surface area contributed by atoms with Crippen molar-refractivity contribution in [2.75, 3.05) is 7.11 Å². The zero-order valence-electron chi connectivity index (χ0n) is 48.0. The van der Waals surface area contributed by atoms with E-state index in [2.05, 4.69) is 81.1 Å². The molecule has 9 nitrogen and oxygen atoms in total. The fourth-order valence-corrected chi connectivity index (χ4v) is 20.0. The van der Waals surface area contributed by atoms with Crippen LogP contribution in [0.5, 0.6) is 0 Å². The summed E-state index contributed by atoms with van der Waals surface area (Å²) in [6.07, 6.45) is 22.3. The molecule has 9 rings (SSSR count). The molecule has 8 aliphatic carbocycles. The van der Waals surface area contributed by atoms with Gasteiger partial charge in [-0.15, -0.1) is 0 Å². The first-order valence-corrected chi connectivity index (χ1v) is 33.0. The highest BCUT2D eigenvalue weighted by atomic mass is 28.4. The van der Waals surface area contributed by atoms with Gasteiger partial charge in [-0.2, -0.15) is 0 Å². The Hall–Kier alpha value is -1.30. The zero-order valence-corrected chi connectivity index (χ0v) is 49.0. The standard InChI is InChI=1S/C29H50O3Si.C26H44O3.C6H12O3/c1-19-13-15-28(3)21(17-19)18-25(32-33(6,7)8)27-23-11-10-22(20(2)9-12-26(30)31-5)29(23,4)16-14-24(27)28;1-6-7-15(2)18-8-9-19-23-20(11-13-25(18,19)4)26(5)12-10-17(28)14-21(26)22(16(3)27)24(23)29;1-4-7-5(2)9-6(3)8-4/h18-24,27H,9-17H2,1-8H3;15-23,27-28H,6-14H2,1-5H3;4-6H,1-3H3/t19-,20-,21+,22-,23?,24?,27+,28+,29-;15-,16?,17-,18-,19?,20?,21+,22?,23+,25-,26-;/m11./s1. The van der Waals surface area contributed by atoms with Crippen LogP contribution in [0.3, 0.4) is 0 Å². The van der Waals surface area contributed by atoms with Crippen molar-refractivity contribution in [3.63, 3.8) is 0 Å². The summed E-state index contributed by atoms with van der Waals surface area (Å²) in [5, 5.41) is 21.1. The van der Waals surface area contributed by atoms with Crippen LogP contribution < -0.4 is 0 Å². The van der Waals surface area contributed by atoms with Gasteiger partial charge in [0.25, 0.3) is 0 Å². The number of methoxy groups -OCH3 is 1. The summed E-state index contributed by atoms with van der Waals surface area (Å²) in [5.74, 6) is 8.99. The zero-order chi connectivity index (χ0) is 52.2. The summed E-state index contributed by atoms with van der Waals surface area (Å²) in [7, 11) is -0.165. The third-order valence-corrected chi connectivity index (χ3v) is 23.3. The van der Waals surface area contributed by atoms with E-state index in [1.165, 1.54) is 89.9 Å². The van der Waals surface area contributed by atoms with Crippen LogP contribution >= 0.6 is 0 Å². The Morgan fingerprint density at radius 2 is 1.18 bits per heavy atom. The molecule has 1 saturated heterocycles. The lowest BCUT2D eigenvalue weighted by Crippen LogP contribution is -2.62. The number of hydrogen-bond acceptors (Lipinski definition) is 9. The number of ketones is 1. The van der Waals surface area contributed by atoms with Gasteiger partial charge in [-0.3, -0.25) is 9.59 Å². The second kappa shape index (κ2) is 22.3. The Morgan fingerprint density at radius 1 is 0.690 bits per heavy atom. The molecule has 71 heavy (non-hydrogen) atoms. The molecule has 0 aromatic rings. The van der Waals surface area contributed by atoms with Gasteiger partial charge in [0.05, 0.1) is 25.1 Å². The second-order valence-corrected chi connectivity index (χ2v) is 32.3. The third kappa shape index (κ3) is 11.4. The number of fused-ring (bicyclic) bond motifs is 10. The average Bonchev–Trinajstić information content (AvgIpc) is 3.83. The molecular weight excluding hydrogens is 905 g/mol. The Morgan fingerprint density at radius 3 is 1.70 bits per heavy atom. The van der Waals surface area contributed by atoms with Crippen LogP contribution in [0.1, 0.15) is 199 Å². The van der Waals surface area contributed by atoms with Crippen molar-refractivity contribution in [2.45, 2.75) is 249 Å². The monoisotopic (exact) mass is 1010 g/mol. The predicted octanol–water partition coefficient (Wildman–Crippen LogP) is 14.1. The molecule has 0 aromatic heterocycles. The predicted molar refractivity (Wildman–Crippen MR) is 286 cm³/mol. The van der Waals surface area contributed by atoms with Crippen molar-refractivity contribution in [2.24, 2.45) is 105 Å². The van der Waals surface area contributed by atoms with Gasteiger partial charge in [-0.05, 0) is 230 Å². The molecule has 0 radical (unpaired) electrons. The Kier molecular flexibility index (Phi) is 18.1. The number of Topliss-reactive ketones (excluding diaryl/α,β-unsaturated/α-hetero) is 1. The molecule has 408 valence electrons. The number of allylic oxidation sites excluding steroid dienone is 2. The van der Waals surface area contributed by atoms with Gasteiger partial charge in [0, 0.05) is 24.2 Å². The van der Waals surface area contributed by atoms with Crippen LogP contribution in [0.4, 0.5) is 0 Å². The SMILES string of the molecule is CC1OC(C)OC(C)O1.CCC[C@@H](C)[C@H]1CCC2[C@@H]3C(=O)C(C(C)O)[C@@H]4C[C@H](O)CC[C@]4(C)C3CC[C@@]21C.COC(=O)CC[C@@H](C)[C@H]1CCC2[C@@H]3C(O[Si](C)(C)C)=C[C@@H]4C[C@H](C)CC[C@]4(C)C3CC[C@@]21C. The average molecular weight is 1010 g/mol. The van der Waals surface area contributed by atoms with Gasteiger partial charge in [0.2, 0.25) is 8.32 Å². The maximum absolute atomic E-state index is 14.0. The largest absolute Gasteiger partial charge is 0.547 e. The van der Waals surface area contributed by atoms with Crippen LogP contribution in [-0.4, -0.2) is 68.5 Å². The number of esters is 1. The molecule has 0 spiro atoms. The number of ether oxygens (including phenoxy) is 4. The molecule has 1 heterocycles. The van der Waals surface area contributed by atoms with Gasteiger partial charge in [0.15, 0.2) is 18.9 Å². The van der Waals surface area contributed by atoms with Gasteiger partial charge in [-0.1, -0.05) is 74.7 Å². The topological polar surface area (TPSA) is 121 Å². The molecular formula is C61H106O9Si. The molecule has 10 heteroatoms. The maximum atomic E-state index is 14.0. The number of aliphatic hydroxyl groups is 2. The lowest BCUT2D eigenvalue weighted by Gasteiger charge is -2.62. The van der Waals surface area contributed by atoms with E-state index >= 15 is 0 Å². The molecule has 2 N–H and O–H groups in total. The summed E-state index contributed by atoms with van der Waals surface area (Å²) in [4.78, 5) is 25.8. The van der Waals surface area contributed by atoms with E-state index in [1.807, 2.05) is 27.7 Å². The summed E-state index contributed by atoms with van der Waals surface area (Å²) in [6, 6.07) is 0. The Labute approximate surface area is 434 Å². The summed E-state index contributed by atoms with van der Waals surface area (Å²) in [5.41, 5.74) is 1.18. The maximum Gasteiger partial charge on any atom is 0.305 e. The molecule has 1 aliphatic heterocycles. The number of hydrogen-bond donors (Lipinski definition) is 2. The lowest BCUT2D eigenvalue weighted by atomic mass is 9.41. The van der Waals surface area contributed by atoms with Gasteiger partial charge < -0.3 is 33.6 Å². The molecule has 0 bridgehead atoms. The molecule has 7 saturated carbocycles. The Balaban J connectivity index is 0.000000178. The number of aliphatic hydroxyl groups excluding tert-OH is 2. The lowest BCUT2D eigenvalue weighted by molar-refractivity contribution is -0.367. The number of carbonyl (C=O) groups excluding carboxylic acids is 2. The van der Waals surface area contributed by atoms with Crippen LogP contribution in [0.2, 0.25) is 19.6 Å². The quantitative estimate of drug-likeness (QED) is 0.163. The summed E-state index contributed by atoms with van der Waals surface area (Å²) in [6.45, 7) is 34.2. The number of rotatable bonds is 10. The van der Waals surface area contributed by atoms with Crippen LogP contribution in [0.15, 0.2) is 11.8 Å². The number of carbonyl (C=O) groups is 2. The van der Waals surface area contributed by atoms with E-state index in [9.17, 15) is 19.8 Å². The molecule has 8 fully saturated rings. The van der Waals surface area contributed by atoms with E-state index in [-0.39, 0.29) is 59.5 Å². The highest BCUT2D eigenvalue weighted by Crippen LogP contribution is 2.71. The minimum absolute atomic E-state index is 0.0585. The van der Waals surface area contributed by atoms with Crippen LogP contribution in [0.25, 0.3) is 0 Å². The van der Waals surface area contributed by atoms with Crippen molar-refractivity contribution < 1.29 is 43.2 Å². The van der Waals surface area contributed by atoms with Crippen LogP contribution in [-0.2, 0) is 33.0 Å². The molecule has 20 atom stereocenters. The highest BCUT2D eigenvalue weighted by Gasteiger charge is 2.66. The van der Waals surface area contributed by atoms with Crippen LogP contribution in [0, 0.1) is 105 Å². The Bertz CT molecular complexity index is 1820. The first kappa shape index (κ1) is 57.4. The molecule has 6 unspecified atom stereocenters. The van der Waals surface area contributed by atoms with E-state index in [0.717, 1.165) is 55.3 Å². The van der Waals surface area contributed by atoms with Crippen molar-refractivity contribution in [3.8, 4) is 0 Å². The van der Waals surface area contributed by atoms with E-state index in [4.69, 9.17) is 23.4 Å². The van der Waals surface area contributed by atoms with Crippen molar-refractivity contribution in [1.82, 2.24) is 0 Å². The van der Waals surface area contributed by atoms with E-state index < -0.39 is 14.4 Å². The second-order valence-electron chi connectivity index (χ2n) is 27.9. The van der Waals surface area contributed by atoms with Crippen molar-refractivity contribution in [3.05, 3.63) is 11.8 Å². The fraction of sp³-hybridized carbons (Fsp3) is 0.934.